The second-order valence-corrected chi connectivity index (χ2v) is 9.69. The number of carbonyl (C=O) groups is 2. The average Bonchev–Trinajstić information content (AvgIpc) is 2.72. The smallest absolute Gasteiger partial charge is 0.244 e. The molecule has 0 saturated heterocycles. The topological polar surface area (TPSA) is 86.8 Å². The number of likely N-dealkylation sites (N-methyl/N-ethyl adjacent to an activating group) is 1. The molecule has 2 amide bonds. The minimum absolute atomic E-state index is 0.0296. The number of sulfonamides is 1. The summed E-state index contributed by atoms with van der Waals surface area (Å²) in [4.78, 5) is 27.2. The highest BCUT2D eigenvalue weighted by Crippen LogP contribution is 2.24. The molecule has 1 N–H and O–H groups in total. The summed E-state index contributed by atoms with van der Waals surface area (Å²) in [6.45, 7) is 6.90. The Labute approximate surface area is 189 Å². The predicted octanol–water partition coefficient (Wildman–Crippen LogP) is 2.76. The number of amides is 2. The first-order valence-corrected chi connectivity index (χ1v) is 12.2. The summed E-state index contributed by atoms with van der Waals surface area (Å²) >= 11 is 0. The number of aryl methyl sites for hydroxylation is 2. The van der Waals surface area contributed by atoms with Crippen LogP contribution in [0.5, 0.6) is 0 Å². The van der Waals surface area contributed by atoms with Crippen LogP contribution in [0.1, 0.15) is 30.5 Å². The first kappa shape index (κ1) is 25.3. The molecule has 0 saturated carbocycles. The summed E-state index contributed by atoms with van der Waals surface area (Å²) in [5, 5.41) is 2.68. The van der Waals surface area contributed by atoms with Gasteiger partial charge in [-0.15, -0.1) is 0 Å². The first-order valence-electron chi connectivity index (χ1n) is 10.3. The summed E-state index contributed by atoms with van der Waals surface area (Å²) in [6.07, 6.45) is 1.04. The molecule has 1 atom stereocenters. The molecule has 0 bridgehead atoms. The van der Waals surface area contributed by atoms with Crippen LogP contribution in [0.3, 0.4) is 0 Å². The molecule has 0 unspecified atom stereocenters. The molecular formula is C23H30FN3O4S. The Balaban J connectivity index is 2.42. The maximum atomic E-state index is 13.4. The second kappa shape index (κ2) is 10.6. The van der Waals surface area contributed by atoms with Crippen molar-refractivity contribution in [1.29, 1.82) is 0 Å². The summed E-state index contributed by atoms with van der Waals surface area (Å²) < 4.78 is 39.5. The standard InChI is InChI=1S/C23H30FN3O4S/c1-6-25-23(29)18(4)26(14-19-9-11-20(24)12-10-19)22(28)15-27(32(5,30)31)21-13-16(2)7-8-17(21)3/h7-13,18H,6,14-15H2,1-5H3,(H,25,29)/t18-/m0/s1. The van der Waals surface area contributed by atoms with Crippen LogP contribution < -0.4 is 9.62 Å². The quantitative estimate of drug-likeness (QED) is 0.620. The van der Waals surface area contributed by atoms with Crippen LogP contribution >= 0.6 is 0 Å². The fourth-order valence-corrected chi connectivity index (χ4v) is 4.17. The second-order valence-electron chi connectivity index (χ2n) is 7.78. The molecule has 9 heteroatoms. The highest BCUT2D eigenvalue weighted by molar-refractivity contribution is 7.92. The Hall–Kier alpha value is -2.94. The van der Waals surface area contributed by atoms with Crippen molar-refractivity contribution < 1.29 is 22.4 Å². The fraction of sp³-hybridized carbons (Fsp3) is 0.391. The fourth-order valence-electron chi connectivity index (χ4n) is 3.27. The lowest BCUT2D eigenvalue weighted by Gasteiger charge is -2.32. The minimum atomic E-state index is -3.78. The van der Waals surface area contributed by atoms with Crippen molar-refractivity contribution in [3.63, 3.8) is 0 Å². The van der Waals surface area contributed by atoms with Gasteiger partial charge in [-0.1, -0.05) is 24.3 Å². The Bertz CT molecular complexity index is 1070. The van der Waals surface area contributed by atoms with Crippen molar-refractivity contribution >= 4 is 27.5 Å². The molecule has 0 aliphatic carbocycles. The molecule has 7 nitrogen and oxygen atoms in total. The van der Waals surface area contributed by atoms with Crippen molar-refractivity contribution in [2.75, 3.05) is 23.7 Å². The van der Waals surface area contributed by atoms with Crippen LogP contribution in [-0.2, 0) is 26.2 Å². The Morgan fingerprint density at radius 3 is 2.28 bits per heavy atom. The lowest BCUT2D eigenvalue weighted by atomic mass is 10.1. The number of hydrogen-bond donors (Lipinski definition) is 1. The highest BCUT2D eigenvalue weighted by atomic mass is 32.2. The van der Waals surface area contributed by atoms with E-state index < -0.39 is 34.3 Å². The van der Waals surface area contributed by atoms with Crippen LogP contribution in [0.2, 0.25) is 0 Å². The average molecular weight is 464 g/mol. The monoisotopic (exact) mass is 463 g/mol. The van der Waals surface area contributed by atoms with E-state index in [0.717, 1.165) is 16.1 Å². The summed E-state index contributed by atoms with van der Waals surface area (Å²) in [5.74, 6) is -1.32. The van der Waals surface area contributed by atoms with Gasteiger partial charge in [-0.25, -0.2) is 12.8 Å². The van der Waals surface area contributed by atoms with E-state index in [1.807, 2.05) is 13.0 Å². The lowest BCUT2D eigenvalue weighted by molar-refractivity contribution is -0.139. The number of rotatable bonds is 9. The van der Waals surface area contributed by atoms with Gasteiger partial charge in [-0.05, 0) is 62.6 Å². The number of nitrogens with zero attached hydrogens (tertiary/aromatic N) is 2. The van der Waals surface area contributed by atoms with E-state index in [4.69, 9.17) is 0 Å². The van der Waals surface area contributed by atoms with Crippen molar-refractivity contribution in [2.24, 2.45) is 0 Å². The van der Waals surface area contributed by atoms with Gasteiger partial charge in [0.1, 0.15) is 18.4 Å². The van der Waals surface area contributed by atoms with Crippen molar-refractivity contribution in [1.82, 2.24) is 10.2 Å². The molecular weight excluding hydrogens is 433 g/mol. The van der Waals surface area contributed by atoms with E-state index in [2.05, 4.69) is 5.32 Å². The van der Waals surface area contributed by atoms with Gasteiger partial charge >= 0.3 is 0 Å². The Kier molecular flexibility index (Phi) is 8.38. The lowest BCUT2D eigenvalue weighted by Crippen LogP contribution is -2.51. The first-order chi connectivity index (χ1) is 14.9. The molecule has 2 rings (SSSR count). The number of anilines is 1. The van der Waals surface area contributed by atoms with E-state index >= 15 is 0 Å². The molecule has 2 aromatic rings. The van der Waals surface area contributed by atoms with Crippen molar-refractivity contribution in [2.45, 2.75) is 40.3 Å². The van der Waals surface area contributed by atoms with Gasteiger partial charge in [-0.2, -0.15) is 0 Å². The summed E-state index contributed by atoms with van der Waals surface area (Å²) in [6, 6.07) is 10.1. The SMILES string of the molecule is CCNC(=O)[C@H](C)N(Cc1ccc(F)cc1)C(=O)CN(c1cc(C)ccc1C)S(C)(=O)=O. The van der Waals surface area contributed by atoms with Gasteiger partial charge in [0.05, 0.1) is 11.9 Å². The maximum absolute atomic E-state index is 13.4. The zero-order chi connectivity index (χ0) is 24.1. The molecule has 0 aliphatic heterocycles. The van der Waals surface area contributed by atoms with E-state index in [9.17, 15) is 22.4 Å². The molecule has 0 heterocycles. The molecule has 0 aromatic heterocycles. The molecule has 0 spiro atoms. The third-order valence-electron chi connectivity index (χ3n) is 5.10. The minimum Gasteiger partial charge on any atom is -0.355 e. The van der Waals surface area contributed by atoms with Crippen LogP contribution in [0.25, 0.3) is 0 Å². The van der Waals surface area contributed by atoms with Crippen LogP contribution in [-0.4, -0.2) is 50.5 Å². The van der Waals surface area contributed by atoms with Crippen LogP contribution in [0.4, 0.5) is 10.1 Å². The van der Waals surface area contributed by atoms with Gasteiger partial charge in [0, 0.05) is 13.1 Å². The highest BCUT2D eigenvalue weighted by Gasteiger charge is 2.30. The molecule has 174 valence electrons. The molecule has 32 heavy (non-hydrogen) atoms. The van der Waals surface area contributed by atoms with Crippen LogP contribution in [0, 0.1) is 19.7 Å². The van der Waals surface area contributed by atoms with Gasteiger partial charge in [0.2, 0.25) is 21.8 Å². The van der Waals surface area contributed by atoms with Gasteiger partial charge in [-0.3, -0.25) is 13.9 Å². The van der Waals surface area contributed by atoms with Crippen LogP contribution in [0.15, 0.2) is 42.5 Å². The Morgan fingerprint density at radius 2 is 1.72 bits per heavy atom. The third-order valence-corrected chi connectivity index (χ3v) is 6.22. The largest absolute Gasteiger partial charge is 0.355 e. The van der Waals surface area contributed by atoms with Gasteiger partial charge in [0.25, 0.3) is 0 Å². The zero-order valence-corrected chi connectivity index (χ0v) is 19.9. The number of carbonyl (C=O) groups excluding carboxylic acids is 2. The molecule has 0 aliphatic rings. The predicted molar refractivity (Wildman–Crippen MR) is 123 cm³/mol. The van der Waals surface area contributed by atoms with E-state index in [-0.39, 0.29) is 12.5 Å². The summed E-state index contributed by atoms with van der Waals surface area (Å²) in [7, 11) is -3.78. The zero-order valence-electron chi connectivity index (χ0n) is 19.1. The maximum Gasteiger partial charge on any atom is 0.244 e. The third kappa shape index (κ3) is 6.53. The normalized spacial score (nSPS) is 12.2. The molecule has 2 aromatic carbocycles. The van der Waals surface area contributed by atoms with Crippen molar-refractivity contribution in [3.05, 3.63) is 65.0 Å². The Morgan fingerprint density at radius 1 is 1.09 bits per heavy atom. The van der Waals surface area contributed by atoms with Crippen molar-refractivity contribution in [3.8, 4) is 0 Å². The van der Waals surface area contributed by atoms with Gasteiger partial charge < -0.3 is 10.2 Å². The number of halogens is 1. The number of nitrogens with one attached hydrogen (secondary N) is 1. The molecule has 0 fully saturated rings. The summed E-state index contributed by atoms with van der Waals surface area (Å²) in [5.41, 5.74) is 2.59. The van der Waals surface area contributed by atoms with E-state index in [1.54, 1.807) is 32.9 Å². The number of hydrogen-bond acceptors (Lipinski definition) is 4. The number of benzene rings is 2. The van der Waals surface area contributed by atoms with Gasteiger partial charge in [0.15, 0.2) is 0 Å². The molecule has 0 radical (unpaired) electrons. The van der Waals surface area contributed by atoms with E-state index in [0.29, 0.717) is 23.4 Å². The van der Waals surface area contributed by atoms with E-state index in [1.165, 1.54) is 29.2 Å².